The number of amides is 2. The molecule has 19 heavy (non-hydrogen) atoms. The molecule has 0 heterocycles. The average Bonchev–Trinajstić information content (AvgIpc) is 3.08. The lowest BCUT2D eigenvalue weighted by Crippen LogP contribution is -2.42. The minimum absolute atomic E-state index is 0.00865. The molecule has 2 unspecified atom stereocenters. The van der Waals surface area contributed by atoms with Crippen molar-refractivity contribution in [1.82, 2.24) is 10.6 Å². The van der Waals surface area contributed by atoms with Crippen LogP contribution in [0.4, 0.5) is 4.79 Å². The average molecular weight is 327 g/mol. The normalized spacial score (nSPS) is 22.7. The minimum Gasteiger partial charge on any atom is -0.396 e. The van der Waals surface area contributed by atoms with Gasteiger partial charge >= 0.3 is 6.03 Å². The molecular weight excluding hydrogens is 308 g/mol. The Kier molecular flexibility index (Phi) is 4.82. The zero-order valence-corrected chi connectivity index (χ0v) is 12.5. The van der Waals surface area contributed by atoms with Crippen molar-refractivity contribution in [2.45, 2.75) is 37.8 Å². The highest BCUT2D eigenvalue weighted by molar-refractivity contribution is 9.10. The summed E-state index contributed by atoms with van der Waals surface area (Å²) in [4.78, 5) is 11.7. The predicted molar refractivity (Wildman–Crippen MR) is 78.1 cm³/mol. The largest absolute Gasteiger partial charge is 0.396 e. The smallest absolute Gasteiger partial charge is 0.315 e. The van der Waals surface area contributed by atoms with Crippen molar-refractivity contribution in [3.63, 3.8) is 0 Å². The van der Waals surface area contributed by atoms with Crippen LogP contribution in [0.2, 0.25) is 0 Å². The number of benzene rings is 1. The Morgan fingerprint density at radius 1 is 1.53 bits per heavy atom. The Hall–Kier alpha value is -1.07. The van der Waals surface area contributed by atoms with Crippen LogP contribution >= 0.6 is 15.9 Å². The van der Waals surface area contributed by atoms with Crippen molar-refractivity contribution >= 4 is 22.0 Å². The fraction of sp³-hybridized carbons (Fsp3) is 0.500. The van der Waals surface area contributed by atoms with E-state index in [1.165, 1.54) is 5.56 Å². The lowest BCUT2D eigenvalue weighted by atomic mass is 10.1. The Balaban J connectivity index is 1.81. The van der Waals surface area contributed by atoms with Crippen LogP contribution in [0.15, 0.2) is 28.7 Å². The molecule has 0 radical (unpaired) electrons. The van der Waals surface area contributed by atoms with Gasteiger partial charge < -0.3 is 15.7 Å². The molecule has 0 saturated heterocycles. The first kappa shape index (κ1) is 14.3. The summed E-state index contributed by atoms with van der Waals surface area (Å²) in [5.41, 5.74) is 1.25. The van der Waals surface area contributed by atoms with E-state index in [-0.39, 0.29) is 24.7 Å². The van der Waals surface area contributed by atoms with E-state index in [9.17, 15) is 4.79 Å². The SMILES string of the molecule is C[C@H](CCO)NC(=O)NC1CC1c1ccccc1Br. The fourth-order valence-corrected chi connectivity index (χ4v) is 2.75. The highest BCUT2D eigenvalue weighted by atomic mass is 79.9. The van der Waals surface area contributed by atoms with Gasteiger partial charge in [-0.25, -0.2) is 4.79 Å². The molecule has 2 rings (SSSR count). The van der Waals surface area contributed by atoms with Crippen LogP contribution in [-0.2, 0) is 0 Å². The van der Waals surface area contributed by atoms with E-state index in [4.69, 9.17) is 5.11 Å². The zero-order chi connectivity index (χ0) is 13.8. The van der Waals surface area contributed by atoms with Crippen molar-refractivity contribution in [2.75, 3.05) is 6.61 Å². The molecule has 2 amide bonds. The summed E-state index contributed by atoms with van der Waals surface area (Å²) in [6, 6.07) is 8.16. The maximum Gasteiger partial charge on any atom is 0.315 e. The quantitative estimate of drug-likeness (QED) is 0.778. The van der Waals surface area contributed by atoms with Gasteiger partial charge in [-0.05, 0) is 31.4 Å². The molecule has 104 valence electrons. The first-order valence-corrected chi connectivity index (χ1v) is 7.33. The summed E-state index contributed by atoms with van der Waals surface area (Å²) in [6.45, 7) is 1.97. The monoisotopic (exact) mass is 326 g/mol. The third kappa shape index (κ3) is 3.94. The molecule has 1 fully saturated rings. The molecule has 5 heteroatoms. The van der Waals surface area contributed by atoms with Gasteiger partial charge in [-0.2, -0.15) is 0 Å². The maximum absolute atomic E-state index is 11.7. The van der Waals surface area contributed by atoms with E-state index < -0.39 is 0 Å². The van der Waals surface area contributed by atoms with Gasteiger partial charge in [0.2, 0.25) is 0 Å². The molecule has 0 spiro atoms. The van der Waals surface area contributed by atoms with Crippen molar-refractivity contribution in [3.05, 3.63) is 34.3 Å². The number of halogens is 1. The second kappa shape index (κ2) is 6.39. The molecule has 1 aliphatic carbocycles. The number of carbonyl (C=O) groups is 1. The number of aliphatic hydroxyl groups is 1. The summed E-state index contributed by atoms with van der Waals surface area (Å²) in [5, 5.41) is 14.6. The van der Waals surface area contributed by atoms with E-state index in [0.29, 0.717) is 12.3 Å². The molecule has 1 aliphatic rings. The minimum atomic E-state index is -0.152. The fourth-order valence-electron chi connectivity index (χ4n) is 2.17. The number of nitrogens with one attached hydrogen (secondary N) is 2. The Bertz CT molecular complexity index is 453. The van der Waals surface area contributed by atoms with Crippen LogP contribution in [0.3, 0.4) is 0 Å². The number of hydrogen-bond acceptors (Lipinski definition) is 2. The lowest BCUT2D eigenvalue weighted by molar-refractivity contribution is 0.230. The Morgan fingerprint density at radius 2 is 2.26 bits per heavy atom. The summed E-state index contributed by atoms with van der Waals surface area (Å²) >= 11 is 3.54. The molecule has 0 bridgehead atoms. The topological polar surface area (TPSA) is 61.4 Å². The lowest BCUT2D eigenvalue weighted by Gasteiger charge is -2.13. The molecular formula is C14H19BrN2O2. The van der Waals surface area contributed by atoms with Crippen LogP contribution in [0.25, 0.3) is 0 Å². The molecule has 4 nitrogen and oxygen atoms in total. The van der Waals surface area contributed by atoms with Crippen molar-refractivity contribution < 1.29 is 9.90 Å². The van der Waals surface area contributed by atoms with E-state index in [1.54, 1.807) is 0 Å². The first-order valence-electron chi connectivity index (χ1n) is 6.54. The van der Waals surface area contributed by atoms with E-state index in [0.717, 1.165) is 10.9 Å². The Labute approximate surface area is 121 Å². The van der Waals surface area contributed by atoms with Gasteiger partial charge in [0.1, 0.15) is 0 Å². The van der Waals surface area contributed by atoms with E-state index in [1.807, 2.05) is 25.1 Å². The summed E-state index contributed by atoms with van der Waals surface area (Å²) in [7, 11) is 0. The molecule has 1 saturated carbocycles. The number of hydrogen-bond donors (Lipinski definition) is 3. The molecule has 1 aromatic carbocycles. The van der Waals surface area contributed by atoms with Crippen LogP contribution in [0.1, 0.15) is 31.2 Å². The van der Waals surface area contributed by atoms with Crippen molar-refractivity contribution in [1.29, 1.82) is 0 Å². The molecule has 1 aromatic rings. The van der Waals surface area contributed by atoms with Gasteiger partial charge in [0, 0.05) is 29.1 Å². The third-order valence-corrected chi connectivity index (χ3v) is 4.07. The number of carbonyl (C=O) groups excluding carboxylic acids is 1. The number of urea groups is 1. The van der Waals surface area contributed by atoms with Gasteiger partial charge in [0.05, 0.1) is 0 Å². The summed E-state index contributed by atoms with van der Waals surface area (Å²) in [5.74, 6) is 0.398. The van der Waals surface area contributed by atoms with Gasteiger partial charge in [-0.3, -0.25) is 0 Å². The Morgan fingerprint density at radius 3 is 2.95 bits per heavy atom. The van der Waals surface area contributed by atoms with E-state index >= 15 is 0 Å². The summed E-state index contributed by atoms with van der Waals surface area (Å²) < 4.78 is 1.10. The second-order valence-electron chi connectivity index (χ2n) is 5.00. The zero-order valence-electron chi connectivity index (χ0n) is 10.9. The maximum atomic E-state index is 11.7. The van der Waals surface area contributed by atoms with Crippen molar-refractivity contribution in [3.8, 4) is 0 Å². The van der Waals surface area contributed by atoms with Gasteiger partial charge in [-0.1, -0.05) is 34.1 Å². The van der Waals surface area contributed by atoms with Crippen LogP contribution in [0, 0.1) is 0 Å². The van der Waals surface area contributed by atoms with Crippen LogP contribution in [0.5, 0.6) is 0 Å². The number of rotatable bonds is 5. The van der Waals surface area contributed by atoms with Gasteiger partial charge in [0.25, 0.3) is 0 Å². The van der Waals surface area contributed by atoms with E-state index in [2.05, 4.69) is 32.6 Å². The second-order valence-corrected chi connectivity index (χ2v) is 5.86. The van der Waals surface area contributed by atoms with Crippen LogP contribution in [-0.4, -0.2) is 29.8 Å². The summed E-state index contributed by atoms with van der Waals surface area (Å²) in [6.07, 6.45) is 1.55. The number of aliphatic hydroxyl groups excluding tert-OH is 1. The molecule has 3 N–H and O–H groups in total. The van der Waals surface area contributed by atoms with Gasteiger partial charge in [0.15, 0.2) is 0 Å². The molecule has 0 aliphatic heterocycles. The van der Waals surface area contributed by atoms with Crippen molar-refractivity contribution in [2.24, 2.45) is 0 Å². The predicted octanol–water partition coefficient (Wildman–Crippen LogP) is 2.38. The molecule has 3 atom stereocenters. The van der Waals surface area contributed by atoms with Crippen LogP contribution < -0.4 is 10.6 Å². The molecule has 0 aromatic heterocycles. The first-order chi connectivity index (χ1) is 9.11. The standard InChI is InChI=1S/C14H19BrN2O2/c1-9(6-7-18)16-14(19)17-13-8-11(13)10-4-2-3-5-12(10)15/h2-5,9,11,13,18H,6-8H2,1H3,(H2,16,17,19)/t9-,11?,13?/m1/s1. The third-order valence-electron chi connectivity index (χ3n) is 3.35. The van der Waals surface area contributed by atoms with Gasteiger partial charge in [-0.15, -0.1) is 0 Å². The highest BCUT2D eigenvalue weighted by Crippen LogP contribution is 2.43. The highest BCUT2D eigenvalue weighted by Gasteiger charge is 2.40.